The van der Waals surface area contributed by atoms with Gasteiger partial charge in [0.1, 0.15) is 5.75 Å². The summed E-state index contributed by atoms with van der Waals surface area (Å²) < 4.78 is 11.1. The van der Waals surface area contributed by atoms with Crippen LogP contribution in [0.3, 0.4) is 0 Å². The van der Waals surface area contributed by atoms with E-state index in [4.69, 9.17) is 9.26 Å². The van der Waals surface area contributed by atoms with Gasteiger partial charge < -0.3 is 19.9 Å². The van der Waals surface area contributed by atoms with Gasteiger partial charge in [-0.05, 0) is 43.8 Å². The van der Waals surface area contributed by atoms with Crippen LogP contribution in [0.5, 0.6) is 5.75 Å². The summed E-state index contributed by atoms with van der Waals surface area (Å²) in [6.45, 7) is 2.05. The summed E-state index contributed by atoms with van der Waals surface area (Å²) in [6, 6.07) is 15.3. The molecule has 0 aliphatic carbocycles. The molecule has 2 aromatic carbocycles. The molecule has 0 saturated carbocycles. The molecule has 7 heteroatoms. The SMILES string of the molecule is CNC(C)Cc1noc(-c2cccc(NC(=O)C3Cc4ccccc4O3)c2)n1. The van der Waals surface area contributed by atoms with Crippen molar-refractivity contribution in [2.75, 3.05) is 12.4 Å². The van der Waals surface area contributed by atoms with Gasteiger partial charge in [0.25, 0.3) is 11.8 Å². The highest BCUT2D eigenvalue weighted by atomic mass is 16.5. The van der Waals surface area contributed by atoms with Crippen LogP contribution in [0.2, 0.25) is 0 Å². The number of aromatic nitrogens is 2. The number of hydrogen-bond donors (Lipinski definition) is 2. The van der Waals surface area contributed by atoms with E-state index in [-0.39, 0.29) is 11.9 Å². The van der Waals surface area contributed by atoms with Crippen LogP contribution in [0.1, 0.15) is 18.3 Å². The molecule has 1 aliphatic rings. The molecule has 7 nitrogen and oxygen atoms in total. The van der Waals surface area contributed by atoms with Crippen LogP contribution in [-0.2, 0) is 17.6 Å². The quantitative estimate of drug-likeness (QED) is 0.686. The minimum Gasteiger partial charge on any atom is -0.480 e. The summed E-state index contributed by atoms with van der Waals surface area (Å²) in [5.74, 6) is 1.66. The second-order valence-corrected chi connectivity index (χ2v) is 6.90. The van der Waals surface area contributed by atoms with E-state index >= 15 is 0 Å². The number of para-hydroxylation sites is 1. The van der Waals surface area contributed by atoms with Crippen molar-refractivity contribution in [1.82, 2.24) is 15.5 Å². The Hall–Kier alpha value is -3.19. The molecular formula is C21H22N4O3. The van der Waals surface area contributed by atoms with Gasteiger partial charge in [0.15, 0.2) is 11.9 Å². The maximum atomic E-state index is 12.6. The third-order valence-corrected chi connectivity index (χ3v) is 4.77. The van der Waals surface area contributed by atoms with Gasteiger partial charge in [0.2, 0.25) is 0 Å². The van der Waals surface area contributed by atoms with E-state index in [1.807, 2.05) is 55.6 Å². The van der Waals surface area contributed by atoms with Crippen molar-refractivity contribution < 1.29 is 14.1 Å². The third kappa shape index (κ3) is 3.89. The van der Waals surface area contributed by atoms with E-state index in [0.717, 1.165) is 16.9 Å². The number of nitrogens with one attached hydrogen (secondary N) is 2. The monoisotopic (exact) mass is 378 g/mol. The third-order valence-electron chi connectivity index (χ3n) is 4.77. The molecule has 0 bridgehead atoms. The first-order chi connectivity index (χ1) is 13.6. The number of hydrogen-bond acceptors (Lipinski definition) is 6. The molecule has 144 valence electrons. The smallest absolute Gasteiger partial charge is 0.265 e. The van der Waals surface area contributed by atoms with Crippen LogP contribution in [0, 0.1) is 0 Å². The highest BCUT2D eigenvalue weighted by molar-refractivity contribution is 5.95. The van der Waals surface area contributed by atoms with Gasteiger partial charge in [0, 0.05) is 30.1 Å². The van der Waals surface area contributed by atoms with E-state index < -0.39 is 6.10 Å². The lowest BCUT2D eigenvalue weighted by molar-refractivity contribution is -0.122. The molecule has 2 N–H and O–H groups in total. The zero-order valence-electron chi connectivity index (χ0n) is 15.8. The van der Waals surface area contributed by atoms with Crippen molar-refractivity contribution in [3.8, 4) is 17.2 Å². The molecular weight excluding hydrogens is 356 g/mol. The van der Waals surface area contributed by atoms with Crippen molar-refractivity contribution in [1.29, 1.82) is 0 Å². The van der Waals surface area contributed by atoms with Crippen molar-refractivity contribution in [2.45, 2.75) is 31.9 Å². The van der Waals surface area contributed by atoms with Gasteiger partial charge in [-0.2, -0.15) is 4.98 Å². The number of nitrogens with zero attached hydrogens (tertiary/aromatic N) is 2. The Kier molecular flexibility index (Phi) is 5.08. The zero-order valence-corrected chi connectivity index (χ0v) is 15.8. The summed E-state index contributed by atoms with van der Waals surface area (Å²) in [7, 11) is 1.89. The molecule has 28 heavy (non-hydrogen) atoms. The van der Waals surface area contributed by atoms with Crippen molar-refractivity contribution >= 4 is 11.6 Å². The van der Waals surface area contributed by atoms with Gasteiger partial charge in [-0.25, -0.2) is 0 Å². The Morgan fingerprint density at radius 2 is 2.11 bits per heavy atom. The number of carbonyl (C=O) groups excluding carboxylic acids is 1. The fraction of sp³-hybridized carbons (Fsp3) is 0.286. The number of fused-ring (bicyclic) bond motifs is 1. The largest absolute Gasteiger partial charge is 0.480 e. The van der Waals surface area contributed by atoms with Gasteiger partial charge in [-0.3, -0.25) is 4.79 Å². The van der Waals surface area contributed by atoms with E-state index in [2.05, 4.69) is 27.7 Å². The molecule has 2 unspecified atom stereocenters. The topological polar surface area (TPSA) is 89.3 Å². The van der Waals surface area contributed by atoms with Crippen molar-refractivity contribution in [3.63, 3.8) is 0 Å². The molecule has 0 fully saturated rings. The first kappa shape index (κ1) is 18.2. The number of anilines is 1. The minimum absolute atomic E-state index is 0.178. The van der Waals surface area contributed by atoms with E-state index in [1.165, 1.54) is 0 Å². The molecule has 1 aliphatic heterocycles. The van der Waals surface area contributed by atoms with Crippen LogP contribution in [0.4, 0.5) is 5.69 Å². The summed E-state index contributed by atoms with van der Waals surface area (Å²) in [6.07, 6.45) is 0.716. The van der Waals surface area contributed by atoms with E-state index in [0.29, 0.717) is 30.2 Å². The molecule has 4 rings (SSSR count). The Bertz CT molecular complexity index is 960. The first-order valence-corrected chi connectivity index (χ1v) is 9.28. The van der Waals surface area contributed by atoms with Crippen LogP contribution < -0.4 is 15.4 Å². The molecule has 0 saturated heterocycles. The number of amides is 1. The summed E-state index contributed by atoms with van der Waals surface area (Å²) in [4.78, 5) is 17.0. The number of benzene rings is 2. The Morgan fingerprint density at radius 3 is 2.93 bits per heavy atom. The molecule has 3 aromatic rings. The van der Waals surface area contributed by atoms with E-state index in [9.17, 15) is 4.79 Å². The molecule has 1 amide bonds. The lowest BCUT2D eigenvalue weighted by atomic mass is 10.1. The Labute approximate surface area is 163 Å². The number of rotatable bonds is 6. The van der Waals surface area contributed by atoms with Gasteiger partial charge in [-0.15, -0.1) is 0 Å². The number of carbonyl (C=O) groups is 1. The van der Waals surface area contributed by atoms with E-state index in [1.54, 1.807) is 0 Å². The predicted octanol–water partition coefficient (Wildman–Crippen LogP) is 2.83. The lowest BCUT2D eigenvalue weighted by Crippen LogP contribution is -2.31. The Morgan fingerprint density at radius 1 is 1.25 bits per heavy atom. The van der Waals surface area contributed by atoms with Crippen molar-refractivity contribution in [3.05, 3.63) is 59.9 Å². The minimum atomic E-state index is -0.529. The highest BCUT2D eigenvalue weighted by Crippen LogP contribution is 2.29. The van der Waals surface area contributed by atoms with Crippen LogP contribution in [0.15, 0.2) is 53.1 Å². The predicted molar refractivity (Wildman–Crippen MR) is 105 cm³/mol. The highest BCUT2D eigenvalue weighted by Gasteiger charge is 2.28. The zero-order chi connectivity index (χ0) is 19.5. The number of likely N-dealkylation sites (N-methyl/N-ethyl adjacent to an activating group) is 1. The average molecular weight is 378 g/mol. The fourth-order valence-corrected chi connectivity index (χ4v) is 3.11. The molecule has 0 radical (unpaired) electrons. The second-order valence-electron chi connectivity index (χ2n) is 6.90. The molecule has 1 aromatic heterocycles. The fourth-order valence-electron chi connectivity index (χ4n) is 3.11. The van der Waals surface area contributed by atoms with Crippen molar-refractivity contribution in [2.24, 2.45) is 0 Å². The molecule has 2 heterocycles. The Balaban J connectivity index is 1.44. The van der Waals surface area contributed by atoms with Gasteiger partial charge in [0.05, 0.1) is 0 Å². The first-order valence-electron chi connectivity index (χ1n) is 9.28. The molecule has 0 spiro atoms. The van der Waals surface area contributed by atoms with Gasteiger partial charge >= 0.3 is 0 Å². The summed E-state index contributed by atoms with van der Waals surface area (Å²) >= 11 is 0. The van der Waals surface area contributed by atoms with Crippen LogP contribution in [-0.4, -0.2) is 35.2 Å². The van der Waals surface area contributed by atoms with Crippen LogP contribution >= 0.6 is 0 Å². The molecule has 2 atom stereocenters. The average Bonchev–Trinajstić information content (AvgIpc) is 3.35. The second kappa shape index (κ2) is 7.82. The van der Waals surface area contributed by atoms with Gasteiger partial charge in [-0.1, -0.05) is 29.4 Å². The number of ether oxygens (including phenoxy) is 1. The summed E-state index contributed by atoms with van der Waals surface area (Å²) in [5, 5.41) is 10.1. The standard InChI is InChI=1S/C21H22N4O3/c1-13(22-2)10-19-24-21(28-25-19)15-7-5-8-16(11-15)23-20(26)18-12-14-6-3-4-9-17(14)27-18/h3-9,11,13,18,22H,10,12H2,1-2H3,(H,23,26). The summed E-state index contributed by atoms with van der Waals surface area (Å²) in [5.41, 5.74) is 2.46. The normalized spacial score (nSPS) is 16.3. The maximum Gasteiger partial charge on any atom is 0.265 e. The maximum absolute atomic E-state index is 12.6. The van der Waals surface area contributed by atoms with Crippen LogP contribution in [0.25, 0.3) is 11.5 Å². The lowest BCUT2D eigenvalue weighted by Gasteiger charge is -2.11.